The number of ether oxygens (including phenoxy) is 1. The van der Waals surface area contributed by atoms with Crippen molar-refractivity contribution >= 4 is 11.6 Å². The number of halogens is 1. The summed E-state index contributed by atoms with van der Waals surface area (Å²) in [6, 6.07) is 6.44. The monoisotopic (exact) mass is 404 g/mol. The topological polar surface area (TPSA) is 82.3 Å². The van der Waals surface area contributed by atoms with Gasteiger partial charge in [0, 0.05) is 32.7 Å². The summed E-state index contributed by atoms with van der Waals surface area (Å²) in [4.78, 5) is 22.8. The predicted octanol–water partition coefficient (Wildman–Crippen LogP) is 0.969. The maximum absolute atomic E-state index is 14.0. The molecule has 0 saturated carbocycles. The highest BCUT2D eigenvalue weighted by atomic mass is 19.1. The Bertz CT molecular complexity index is 837. The molecule has 0 radical (unpaired) electrons. The fourth-order valence-electron chi connectivity index (χ4n) is 3.75. The molecule has 2 aliphatic heterocycles. The van der Waals surface area contributed by atoms with Gasteiger partial charge in [-0.3, -0.25) is 9.69 Å². The Morgan fingerprint density at radius 1 is 1.21 bits per heavy atom. The Balaban J connectivity index is 1.33. The van der Waals surface area contributed by atoms with Gasteiger partial charge in [0.2, 0.25) is 5.89 Å². The lowest BCUT2D eigenvalue weighted by Gasteiger charge is -2.35. The van der Waals surface area contributed by atoms with Gasteiger partial charge in [-0.15, -0.1) is 0 Å². The molecule has 2 fully saturated rings. The zero-order chi connectivity index (χ0) is 20.2. The maximum atomic E-state index is 14.0. The Kier molecular flexibility index (Phi) is 6.08. The fourth-order valence-corrected chi connectivity index (χ4v) is 3.75. The van der Waals surface area contributed by atoms with E-state index in [2.05, 4.69) is 9.88 Å². The van der Waals surface area contributed by atoms with E-state index in [1.165, 1.54) is 12.3 Å². The van der Waals surface area contributed by atoms with Crippen LogP contribution in [0.3, 0.4) is 0 Å². The molecule has 156 valence electrons. The lowest BCUT2D eigenvalue weighted by Crippen LogP contribution is -2.50. The summed E-state index contributed by atoms with van der Waals surface area (Å²) in [5.41, 5.74) is 0.866. The number of para-hydroxylation sites is 1. The molecule has 1 aromatic heterocycles. The summed E-state index contributed by atoms with van der Waals surface area (Å²) in [5, 5.41) is 9.45. The molecule has 29 heavy (non-hydrogen) atoms. The van der Waals surface area contributed by atoms with Gasteiger partial charge >= 0.3 is 0 Å². The van der Waals surface area contributed by atoms with Crippen molar-refractivity contribution in [1.29, 1.82) is 0 Å². The van der Waals surface area contributed by atoms with Gasteiger partial charge in [-0.25, -0.2) is 9.37 Å². The number of piperazine rings is 1. The molecule has 8 nitrogen and oxygen atoms in total. The Morgan fingerprint density at radius 2 is 2.00 bits per heavy atom. The third-order valence-electron chi connectivity index (χ3n) is 5.39. The van der Waals surface area contributed by atoms with Crippen LogP contribution in [0.15, 0.2) is 34.9 Å². The molecule has 1 N–H and O–H groups in total. The maximum Gasteiger partial charge on any atom is 0.276 e. The number of aliphatic hydroxyl groups excluding tert-OH is 1. The fraction of sp³-hybridized carbons (Fsp3) is 0.500. The molecular weight excluding hydrogens is 379 g/mol. The van der Waals surface area contributed by atoms with Crippen molar-refractivity contribution in [2.45, 2.75) is 12.6 Å². The number of carbonyl (C=O) groups is 1. The van der Waals surface area contributed by atoms with Crippen LogP contribution in [0, 0.1) is 5.82 Å². The van der Waals surface area contributed by atoms with Crippen LogP contribution in [0.25, 0.3) is 0 Å². The lowest BCUT2D eigenvalue weighted by molar-refractivity contribution is -0.0186. The Morgan fingerprint density at radius 3 is 2.76 bits per heavy atom. The highest BCUT2D eigenvalue weighted by Crippen LogP contribution is 2.21. The van der Waals surface area contributed by atoms with Crippen LogP contribution in [0.2, 0.25) is 0 Å². The molecule has 4 rings (SSSR count). The second-order valence-corrected chi connectivity index (χ2v) is 7.25. The van der Waals surface area contributed by atoms with Gasteiger partial charge in [0.25, 0.3) is 5.91 Å². The third kappa shape index (κ3) is 4.42. The number of amides is 1. The molecule has 3 heterocycles. The van der Waals surface area contributed by atoms with Crippen molar-refractivity contribution in [1.82, 2.24) is 14.8 Å². The van der Waals surface area contributed by atoms with Crippen molar-refractivity contribution in [3.8, 4) is 0 Å². The van der Waals surface area contributed by atoms with E-state index in [0.29, 0.717) is 51.0 Å². The van der Waals surface area contributed by atoms with Crippen LogP contribution in [-0.4, -0.2) is 84.4 Å². The first-order valence-electron chi connectivity index (χ1n) is 9.81. The number of hydrogen-bond donors (Lipinski definition) is 1. The highest BCUT2D eigenvalue weighted by Gasteiger charge is 2.29. The van der Waals surface area contributed by atoms with Crippen LogP contribution in [0.5, 0.6) is 0 Å². The number of aromatic nitrogens is 1. The molecule has 1 aromatic carbocycles. The van der Waals surface area contributed by atoms with Gasteiger partial charge in [-0.2, -0.15) is 0 Å². The van der Waals surface area contributed by atoms with Gasteiger partial charge in [0.15, 0.2) is 5.69 Å². The van der Waals surface area contributed by atoms with E-state index in [1.807, 2.05) is 11.0 Å². The number of benzene rings is 1. The number of anilines is 1. The number of rotatable bonds is 5. The summed E-state index contributed by atoms with van der Waals surface area (Å²) in [7, 11) is 0. The van der Waals surface area contributed by atoms with Crippen LogP contribution in [0.4, 0.5) is 10.1 Å². The zero-order valence-corrected chi connectivity index (χ0v) is 16.2. The molecule has 2 saturated heterocycles. The quantitative estimate of drug-likeness (QED) is 0.795. The van der Waals surface area contributed by atoms with Crippen LogP contribution >= 0.6 is 0 Å². The summed E-state index contributed by atoms with van der Waals surface area (Å²) < 4.78 is 24.8. The second-order valence-electron chi connectivity index (χ2n) is 7.25. The number of oxazole rings is 1. The molecule has 2 aromatic rings. The van der Waals surface area contributed by atoms with E-state index in [4.69, 9.17) is 9.15 Å². The smallest absolute Gasteiger partial charge is 0.276 e. The molecule has 0 spiro atoms. The van der Waals surface area contributed by atoms with Gasteiger partial charge in [0.05, 0.1) is 38.1 Å². The zero-order valence-electron chi connectivity index (χ0n) is 16.2. The van der Waals surface area contributed by atoms with E-state index < -0.39 is 0 Å². The summed E-state index contributed by atoms with van der Waals surface area (Å²) in [6.45, 7) is 4.43. The number of nitrogens with zero attached hydrogens (tertiary/aromatic N) is 4. The van der Waals surface area contributed by atoms with E-state index in [-0.39, 0.29) is 30.1 Å². The molecule has 1 amide bonds. The molecule has 2 aliphatic rings. The number of carbonyl (C=O) groups excluding carboxylic acids is 1. The van der Waals surface area contributed by atoms with Crippen molar-refractivity contribution in [2.75, 3.05) is 57.4 Å². The molecule has 9 heteroatoms. The Hall–Kier alpha value is -2.49. The minimum atomic E-state index is -0.358. The SMILES string of the molecule is O=C(c1coc(CN2CCN(c3ccccc3F)CC2)n1)N1CCOC[C@@H]1CO. The van der Waals surface area contributed by atoms with Gasteiger partial charge < -0.3 is 24.1 Å². The average molecular weight is 404 g/mol. The number of aliphatic hydroxyl groups is 1. The van der Waals surface area contributed by atoms with Crippen molar-refractivity contribution in [3.63, 3.8) is 0 Å². The Labute approximate surface area is 168 Å². The van der Waals surface area contributed by atoms with Crippen molar-refractivity contribution in [3.05, 3.63) is 47.9 Å². The van der Waals surface area contributed by atoms with E-state index in [1.54, 1.807) is 17.0 Å². The van der Waals surface area contributed by atoms with Crippen molar-refractivity contribution in [2.24, 2.45) is 0 Å². The first kappa shape index (κ1) is 19.8. The minimum absolute atomic E-state index is 0.150. The second kappa shape index (κ2) is 8.89. The summed E-state index contributed by atoms with van der Waals surface area (Å²) in [6.07, 6.45) is 1.37. The average Bonchev–Trinajstić information content (AvgIpc) is 3.23. The standard InChI is InChI=1S/C20H25FN4O4/c21-16-3-1-2-4-18(16)24-7-5-23(6-8-24)11-19-22-17(14-29-19)20(27)25-9-10-28-13-15(25)12-26/h1-4,14-15,26H,5-13H2/t15-/m0/s1. The van der Waals surface area contributed by atoms with Crippen LogP contribution in [0.1, 0.15) is 16.4 Å². The first-order valence-corrected chi connectivity index (χ1v) is 9.81. The lowest BCUT2D eigenvalue weighted by atomic mass is 10.2. The summed E-state index contributed by atoms with van der Waals surface area (Å²) in [5.74, 6) is 0.00863. The van der Waals surface area contributed by atoms with Gasteiger partial charge in [0.1, 0.15) is 12.1 Å². The molecule has 0 bridgehead atoms. The number of morpholine rings is 1. The van der Waals surface area contributed by atoms with Crippen molar-refractivity contribution < 1.29 is 23.4 Å². The highest BCUT2D eigenvalue weighted by molar-refractivity contribution is 5.92. The number of hydrogen-bond acceptors (Lipinski definition) is 7. The first-order chi connectivity index (χ1) is 14.2. The predicted molar refractivity (Wildman–Crippen MR) is 103 cm³/mol. The largest absolute Gasteiger partial charge is 0.447 e. The third-order valence-corrected chi connectivity index (χ3v) is 5.39. The molecule has 0 aliphatic carbocycles. The van der Waals surface area contributed by atoms with E-state index in [9.17, 15) is 14.3 Å². The van der Waals surface area contributed by atoms with Gasteiger partial charge in [-0.05, 0) is 12.1 Å². The minimum Gasteiger partial charge on any atom is -0.447 e. The molecule has 0 unspecified atom stereocenters. The normalized spacial score (nSPS) is 20.8. The van der Waals surface area contributed by atoms with Gasteiger partial charge in [-0.1, -0.05) is 12.1 Å². The van der Waals surface area contributed by atoms with Crippen LogP contribution < -0.4 is 4.90 Å². The van der Waals surface area contributed by atoms with E-state index >= 15 is 0 Å². The molecule has 1 atom stereocenters. The summed E-state index contributed by atoms with van der Waals surface area (Å²) >= 11 is 0. The van der Waals surface area contributed by atoms with Crippen LogP contribution in [-0.2, 0) is 11.3 Å². The molecular formula is C20H25FN4O4. The van der Waals surface area contributed by atoms with E-state index in [0.717, 1.165) is 13.1 Å².